The van der Waals surface area contributed by atoms with Crippen molar-refractivity contribution < 1.29 is 14.3 Å². The van der Waals surface area contributed by atoms with Gasteiger partial charge in [0.2, 0.25) is 0 Å². The van der Waals surface area contributed by atoms with Crippen LogP contribution >= 0.6 is 24.0 Å². The highest BCUT2D eigenvalue weighted by molar-refractivity contribution is 14.0. The molecule has 0 bridgehead atoms. The SMILES string of the molecule is CN=C(NCc1ccc(C(=O)N(C)C)cc1)NCc1cccc(OCC(=O)N(C)C)c1.I. The van der Waals surface area contributed by atoms with Gasteiger partial charge in [-0.3, -0.25) is 14.6 Å². The summed E-state index contributed by atoms with van der Waals surface area (Å²) >= 11 is 0. The van der Waals surface area contributed by atoms with E-state index in [-0.39, 0.29) is 42.4 Å². The number of nitrogens with zero attached hydrogens (tertiary/aromatic N) is 3. The van der Waals surface area contributed by atoms with Crippen molar-refractivity contribution in [2.24, 2.45) is 4.99 Å². The highest BCUT2D eigenvalue weighted by Gasteiger charge is 2.08. The minimum absolute atomic E-state index is 0. The van der Waals surface area contributed by atoms with Crippen molar-refractivity contribution in [1.82, 2.24) is 20.4 Å². The van der Waals surface area contributed by atoms with Crippen LogP contribution in [0.4, 0.5) is 0 Å². The van der Waals surface area contributed by atoms with Crippen LogP contribution in [0.25, 0.3) is 0 Å². The van der Waals surface area contributed by atoms with Gasteiger partial charge in [-0.05, 0) is 35.4 Å². The van der Waals surface area contributed by atoms with Crippen LogP contribution in [0.15, 0.2) is 53.5 Å². The van der Waals surface area contributed by atoms with Gasteiger partial charge in [0.25, 0.3) is 11.8 Å². The molecule has 0 aliphatic carbocycles. The highest BCUT2D eigenvalue weighted by atomic mass is 127. The van der Waals surface area contributed by atoms with Gasteiger partial charge >= 0.3 is 0 Å². The Hall–Kier alpha value is -2.82. The maximum atomic E-state index is 12.0. The highest BCUT2D eigenvalue weighted by Crippen LogP contribution is 2.13. The number of carbonyl (C=O) groups is 2. The normalized spacial score (nSPS) is 10.6. The number of likely N-dealkylation sites (N-methyl/N-ethyl adjacent to an activating group) is 1. The van der Waals surface area contributed by atoms with Crippen LogP contribution in [0, 0.1) is 0 Å². The first-order valence-electron chi connectivity index (χ1n) is 9.97. The molecule has 2 aromatic rings. The number of benzene rings is 2. The predicted octanol–water partition coefficient (Wildman–Crippen LogP) is 2.34. The van der Waals surface area contributed by atoms with E-state index in [1.165, 1.54) is 4.90 Å². The van der Waals surface area contributed by atoms with E-state index in [0.717, 1.165) is 11.1 Å². The second-order valence-electron chi connectivity index (χ2n) is 7.40. The Labute approximate surface area is 207 Å². The Morgan fingerprint density at radius 3 is 2.09 bits per heavy atom. The van der Waals surface area contributed by atoms with Crippen LogP contribution in [0.1, 0.15) is 21.5 Å². The standard InChI is InChI=1S/C23H31N5O3.HI/c1-24-23(25-14-17-9-11-19(12-10-17)22(30)28(4)5)26-15-18-7-6-8-20(13-18)31-16-21(29)27(2)3;/h6-13H,14-16H2,1-5H3,(H2,24,25,26);1H. The number of halogens is 1. The molecule has 0 aliphatic heterocycles. The molecule has 2 aromatic carbocycles. The molecule has 0 atom stereocenters. The fourth-order valence-corrected chi connectivity index (χ4v) is 2.63. The summed E-state index contributed by atoms with van der Waals surface area (Å²) in [6.45, 7) is 1.13. The lowest BCUT2D eigenvalue weighted by atomic mass is 10.1. The number of hydrogen-bond donors (Lipinski definition) is 2. The maximum Gasteiger partial charge on any atom is 0.259 e. The molecule has 2 N–H and O–H groups in total. The van der Waals surface area contributed by atoms with Crippen LogP contribution in [-0.4, -0.2) is 69.4 Å². The second kappa shape index (κ2) is 13.6. The molecule has 0 saturated heterocycles. The first kappa shape index (κ1) is 27.2. The summed E-state index contributed by atoms with van der Waals surface area (Å²) < 4.78 is 5.56. The molecule has 0 spiro atoms. The molecule has 0 fully saturated rings. The quantitative estimate of drug-likeness (QED) is 0.298. The minimum atomic E-state index is -0.0905. The molecule has 8 nitrogen and oxygen atoms in total. The van der Waals surface area contributed by atoms with E-state index in [1.54, 1.807) is 40.1 Å². The monoisotopic (exact) mass is 553 g/mol. The Bertz CT molecular complexity index is 914. The Balaban J connectivity index is 0.00000512. The van der Waals surface area contributed by atoms with E-state index in [0.29, 0.717) is 30.4 Å². The Morgan fingerprint density at radius 1 is 0.906 bits per heavy atom. The number of ether oxygens (including phenoxy) is 1. The molecule has 0 aliphatic rings. The van der Waals surface area contributed by atoms with Crippen molar-refractivity contribution in [3.8, 4) is 5.75 Å². The predicted molar refractivity (Wildman–Crippen MR) is 138 cm³/mol. The van der Waals surface area contributed by atoms with Gasteiger partial charge in [0.15, 0.2) is 12.6 Å². The number of aliphatic imine (C=N–C) groups is 1. The average Bonchev–Trinajstić information content (AvgIpc) is 2.77. The number of rotatable bonds is 8. The summed E-state index contributed by atoms with van der Waals surface area (Å²) in [5, 5.41) is 6.51. The smallest absolute Gasteiger partial charge is 0.259 e. The topological polar surface area (TPSA) is 86.3 Å². The number of hydrogen-bond acceptors (Lipinski definition) is 4. The van der Waals surface area contributed by atoms with Crippen molar-refractivity contribution in [1.29, 1.82) is 0 Å². The van der Waals surface area contributed by atoms with Crippen molar-refractivity contribution in [2.45, 2.75) is 13.1 Å². The Morgan fingerprint density at radius 2 is 1.53 bits per heavy atom. The zero-order chi connectivity index (χ0) is 22.8. The van der Waals surface area contributed by atoms with Crippen LogP contribution in [0.2, 0.25) is 0 Å². The molecule has 0 saturated carbocycles. The van der Waals surface area contributed by atoms with E-state index < -0.39 is 0 Å². The van der Waals surface area contributed by atoms with Gasteiger partial charge in [0, 0.05) is 53.9 Å². The number of guanidine groups is 1. The molecule has 9 heteroatoms. The van der Waals surface area contributed by atoms with Crippen molar-refractivity contribution >= 4 is 41.8 Å². The van der Waals surface area contributed by atoms with Gasteiger partial charge in [0.1, 0.15) is 5.75 Å². The Kier molecular flexibility index (Phi) is 11.5. The minimum Gasteiger partial charge on any atom is -0.484 e. The van der Waals surface area contributed by atoms with Crippen LogP contribution < -0.4 is 15.4 Å². The maximum absolute atomic E-state index is 12.0. The zero-order valence-corrected chi connectivity index (χ0v) is 21.5. The summed E-state index contributed by atoms with van der Waals surface area (Å²) in [5.41, 5.74) is 2.70. The number of nitrogens with one attached hydrogen (secondary N) is 2. The van der Waals surface area contributed by atoms with Crippen molar-refractivity contribution in [3.63, 3.8) is 0 Å². The molecule has 2 rings (SSSR count). The zero-order valence-electron chi connectivity index (χ0n) is 19.2. The van der Waals surface area contributed by atoms with Crippen LogP contribution in [0.3, 0.4) is 0 Å². The van der Waals surface area contributed by atoms with Crippen LogP contribution in [-0.2, 0) is 17.9 Å². The van der Waals surface area contributed by atoms with Crippen molar-refractivity contribution in [2.75, 3.05) is 41.8 Å². The first-order chi connectivity index (χ1) is 14.8. The van der Waals surface area contributed by atoms with E-state index in [2.05, 4.69) is 15.6 Å². The largest absolute Gasteiger partial charge is 0.484 e. The second-order valence-corrected chi connectivity index (χ2v) is 7.40. The van der Waals surface area contributed by atoms with E-state index in [9.17, 15) is 9.59 Å². The van der Waals surface area contributed by atoms with Gasteiger partial charge in [-0.2, -0.15) is 0 Å². The summed E-state index contributed by atoms with van der Waals surface area (Å²) in [5.74, 6) is 1.19. The lowest BCUT2D eigenvalue weighted by Gasteiger charge is -2.14. The van der Waals surface area contributed by atoms with Gasteiger partial charge < -0.3 is 25.2 Å². The summed E-state index contributed by atoms with van der Waals surface area (Å²) in [7, 11) is 8.57. The lowest BCUT2D eigenvalue weighted by Crippen LogP contribution is -2.36. The molecule has 0 radical (unpaired) electrons. The number of amides is 2. The lowest BCUT2D eigenvalue weighted by molar-refractivity contribution is -0.130. The van der Waals surface area contributed by atoms with E-state index in [4.69, 9.17) is 4.74 Å². The van der Waals surface area contributed by atoms with Gasteiger partial charge in [0.05, 0.1) is 0 Å². The summed E-state index contributed by atoms with van der Waals surface area (Å²) in [4.78, 5) is 30.9. The van der Waals surface area contributed by atoms with Crippen molar-refractivity contribution in [3.05, 3.63) is 65.2 Å². The molecule has 0 heterocycles. The third kappa shape index (κ3) is 8.74. The summed E-state index contributed by atoms with van der Waals surface area (Å²) in [6.07, 6.45) is 0. The molecular formula is C23H32IN5O3. The molecular weight excluding hydrogens is 521 g/mol. The third-order valence-corrected chi connectivity index (χ3v) is 4.51. The van der Waals surface area contributed by atoms with Gasteiger partial charge in [-0.15, -0.1) is 24.0 Å². The van der Waals surface area contributed by atoms with Gasteiger partial charge in [-0.25, -0.2) is 0 Å². The van der Waals surface area contributed by atoms with Crippen LogP contribution in [0.5, 0.6) is 5.75 Å². The fourth-order valence-electron chi connectivity index (χ4n) is 2.63. The number of carbonyl (C=O) groups excluding carboxylic acids is 2. The molecule has 2 amide bonds. The van der Waals surface area contributed by atoms with E-state index in [1.807, 2.05) is 48.5 Å². The van der Waals surface area contributed by atoms with Gasteiger partial charge in [-0.1, -0.05) is 24.3 Å². The molecule has 0 unspecified atom stereocenters. The first-order valence-corrected chi connectivity index (χ1v) is 9.97. The third-order valence-electron chi connectivity index (χ3n) is 4.51. The molecule has 0 aromatic heterocycles. The average molecular weight is 553 g/mol. The fraction of sp³-hybridized carbons (Fsp3) is 0.348. The summed E-state index contributed by atoms with van der Waals surface area (Å²) in [6, 6.07) is 15.1. The molecule has 32 heavy (non-hydrogen) atoms. The molecule has 174 valence electrons. The van der Waals surface area contributed by atoms with E-state index >= 15 is 0 Å².